The lowest BCUT2D eigenvalue weighted by Gasteiger charge is -2.37. The van der Waals surface area contributed by atoms with E-state index >= 15 is 0 Å². The van der Waals surface area contributed by atoms with Gasteiger partial charge in [0.05, 0.1) is 18.9 Å². The summed E-state index contributed by atoms with van der Waals surface area (Å²) in [5.74, 6) is 1.57. The third-order valence-corrected chi connectivity index (χ3v) is 7.25. The second kappa shape index (κ2) is 12.8. The zero-order valence-electron chi connectivity index (χ0n) is 21.8. The summed E-state index contributed by atoms with van der Waals surface area (Å²) in [4.78, 5) is 26.9. The van der Waals surface area contributed by atoms with Crippen molar-refractivity contribution >= 4 is 17.5 Å². The molecule has 204 valence electrons. The Bertz CT molecular complexity index is 1280. The SMILES string of the molecule is O=C1COc2ccc(C(=O)N3CCC(C(c4ccccc4)c4cccc(OCCOCCF)c4)CC3)cc2N1. The number of nitrogens with zero attached hydrogens (tertiary/aromatic N) is 1. The number of amides is 2. The van der Waals surface area contributed by atoms with Crippen LogP contribution in [0, 0.1) is 5.92 Å². The molecule has 2 amide bonds. The Balaban J connectivity index is 1.27. The monoisotopic (exact) mass is 532 g/mol. The van der Waals surface area contributed by atoms with E-state index in [1.54, 1.807) is 18.2 Å². The number of piperidine rings is 1. The van der Waals surface area contributed by atoms with Gasteiger partial charge in [-0.25, -0.2) is 4.39 Å². The van der Waals surface area contributed by atoms with Crippen LogP contribution in [0.2, 0.25) is 0 Å². The fourth-order valence-corrected chi connectivity index (χ4v) is 5.40. The van der Waals surface area contributed by atoms with Gasteiger partial charge in [-0.2, -0.15) is 0 Å². The maximum atomic E-state index is 13.3. The van der Waals surface area contributed by atoms with Crippen LogP contribution in [0.15, 0.2) is 72.8 Å². The first-order valence-electron chi connectivity index (χ1n) is 13.4. The molecule has 0 bridgehead atoms. The Kier molecular flexibility index (Phi) is 8.73. The van der Waals surface area contributed by atoms with Crippen LogP contribution in [-0.2, 0) is 9.53 Å². The first kappa shape index (κ1) is 26.7. The van der Waals surface area contributed by atoms with Gasteiger partial charge in [0.2, 0.25) is 0 Å². The van der Waals surface area contributed by atoms with Crippen molar-refractivity contribution in [3.8, 4) is 11.5 Å². The highest BCUT2D eigenvalue weighted by atomic mass is 19.1. The lowest BCUT2D eigenvalue weighted by molar-refractivity contribution is -0.118. The summed E-state index contributed by atoms with van der Waals surface area (Å²) in [5, 5.41) is 2.78. The summed E-state index contributed by atoms with van der Waals surface area (Å²) in [6.07, 6.45) is 1.72. The van der Waals surface area contributed by atoms with Crippen molar-refractivity contribution in [2.45, 2.75) is 18.8 Å². The number of benzene rings is 3. The fraction of sp³-hybridized carbons (Fsp3) is 0.355. The zero-order valence-corrected chi connectivity index (χ0v) is 21.8. The smallest absolute Gasteiger partial charge is 0.262 e. The molecule has 0 spiro atoms. The first-order chi connectivity index (χ1) is 19.1. The number of halogens is 1. The number of rotatable bonds is 10. The molecule has 39 heavy (non-hydrogen) atoms. The number of nitrogens with one attached hydrogen (secondary N) is 1. The second-order valence-corrected chi connectivity index (χ2v) is 9.79. The largest absolute Gasteiger partial charge is 0.491 e. The van der Waals surface area contributed by atoms with Gasteiger partial charge < -0.3 is 24.4 Å². The number of likely N-dealkylation sites (tertiary alicyclic amines) is 1. The molecule has 1 fully saturated rings. The molecule has 8 heteroatoms. The number of hydrogen-bond donors (Lipinski definition) is 1. The Labute approximate surface area is 227 Å². The van der Waals surface area contributed by atoms with E-state index in [0.29, 0.717) is 49.2 Å². The average molecular weight is 533 g/mol. The molecule has 2 aliphatic rings. The lowest BCUT2D eigenvalue weighted by Crippen LogP contribution is -2.40. The topological polar surface area (TPSA) is 77.1 Å². The molecule has 7 nitrogen and oxygen atoms in total. The predicted octanol–water partition coefficient (Wildman–Crippen LogP) is 5.07. The van der Waals surface area contributed by atoms with Crippen LogP contribution in [0.1, 0.15) is 40.2 Å². The van der Waals surface area contributed by atoms with E-state index in [1.807, 2.05) is 23.1 Å². The normalized spacial score (nSPS) is 16.1. The number of ether oxygens (including phenoxy) is 3. The third kappa shape index (κ3) is 6.57. The van der Waals surface area contributed by atoms with Crippen molar-refractivity contribution < 1.29 is 28.2 Å². The Morgan fingerprint density at radius 2 is 1.77 bits per heavy atom. The maximum Gasteiger partial charge on any atom is 0.262 e. The number of hydrogen-bond acceptors (Lipinski definition) is 5. The molecule has 1 N–H and O–H groups in total. The molecule has 1 atom stereocenters. The molecule has 5 rings (SSSR count). The van der Waals surface area contributed by atoms with E-state index in [9.17, 15) is 14.0 Å². The van der Waals surface area contributed by atoms with E-state index in [4.69, 9.17) is 14.2 Å². The summed E-state index contributed by atoms with van der Waals surface area (Å²) in [7, 11) is 0. The van der Waals surface area contributed by atoms with Crippen molar-refractivity contribution in [1.82, 2.24) is 4.90 Å². The molecule has 1 saturated heterocycles. The number of carbonyl (C=O) groups excluding carboxylic acids is 2. The van der Waals surface area contributed by atoms with Crippen molar-refractivity contribution in [2.75, 3.05) is 51.5 Å². The van der Waals surface area contributed by atoms with E-state index in [2.05, 4.69) is 41.7 Å². The van der Waals surface area contributed by atoms with Crippen LogP contribution in [-0.4, -0.2) is 62.9 Å². The van der Waals surface area contributed by atoms with E-state index in [1.165, 1.54) is 11.1 Å². The van der Waals surface area contributed by atoms with Crippen LogP contribution in [0.3, 0.4) is 0 Å². The van der Waals surface area contributed by atoms with Gasteiger partial charge in [-0.05, 0) is 60.2 Å². The van der Waals surface area contributed by atoms with Gasteiger partial charge >= 0.3 is 0 Å². The lowest BCUT2D eigenvalue weighted by atomic mass is 9.76. The van der Waals surface area contributed by atoms with Gasteiger partial charge in [0, 0.05) is 24.6 Å². The van der Waals surface area contributed by atoms with E-state index in [-0.39, 0.29) is 30.9 Å². The highest BCUT2D eigenvalue weighted by Crippen LogP contribution is 2.39. The standard InChI is InChI=1S/C31H33FN2O5/c32-13-16-37-17-18-38-26-8-4-7-24(19-26)30(22-5-2-1-3-6-22)23-11-14-34(15-12-23)31(36)25-9-10-28-27(20-25)33-29(35)21-39-28/h1-10,19-20,23,30H,11-18,21H2,(H,33,35). The summed E-state index contributed by atoms with van der Waals surface area (Å²) in [6.45, 7) is 1.56. The van der Waals surface area contributed by atoms with Gasteiger partial charge in [-0.15, -0.1) is 0 Å². The van der Waals surface area contributed by atoms with E-state index in [0.717, 1.165) is 18.6 Å². The second-order valence-electron chi connectivity index (χ2n) is 9.79. The highest BCUT2D eigenvalue weighted by molar-refractivity contribution is 5.99. The minimum atomic E-state index is -0.501. The molecular weight excluding hydrogens is 499 g/mol. The number of anilines is 1. The first-order valence-corrected chi connectivity index (χ1v) is 13.4. The molecule has 0 aliphatic carbocycles. The van der Waals surface area contributed by atoms with Gasteiger partial charge in [-0.1, -0.05) is 42.5 Å². The van der Waals surface area contributed by atoms with Crippen molar-refractivity contribution in [3.63, 3.8) is 0 Å². The highest BCUT2D eigenvalue weighted by Gasteiger charge is 2.31. The minimum Gasteiger partial charge on any atom is -0.491 e. The van der Waals surface area contributed by atoms with Crippen LogP contribution < -0.4 is 14.8 Å². The van der Waals surface area contributed by atoms with Crippen LogP contribution in [0.5, 0.6) is 11.5 Å². The molecule has 2 aliphatic heterocycles. The fourth-order valence-electron chi connectivity index (χ4n) is 5.40. The van der Waals surface area contributed by atoms with E-state index < -0.39 is 6.67 Å². The maximum absolute atomic E-state index is 13.3. The van der Waals surface area contributed by atoms with Gasteiger partial charge in [0.25, 0.3) is 11.8 Å². The van der Waals surface area contributed by atoms with Crippen molar-refractivity contribution in [1.29, 1.82) is 0 Å². The molecule has 3 aromatic rings. The molecule has 3 aromatic carbocycles. The molecule has 2 heterocycles. The molecular formula is C31H33FN2O5. The zero-order chi connectivity index (χ0) is 27.0. The summed E-state index contributed by atoms with van der Waals surface area (Å²) in [6, 6.07) is 23.8. The quantitative estimate of drug-likeness (QED) is 0.369. The van der Waals surface area contributed by atoms with Crippen molar-refractivity contribution in [3.05, 3.63) is 89.5 Å². The summed E-state index contributed by atoms with van der Waals surface area (Å²) >= 11 is 0. The number of alkyl halides is 1. The average Bonchev–Trinajstić information content (AvgIpc) is 2.97. The molecule has 1 unspecified atom stereocenters. The van der Waals surface area contributed by atoms with Crippen LogP contribution >= 0.6 is 0 Å². The van der Waals surface area contributed by atoms with Gasteiger partial charge in [0.15, 0.2) is 6.61 Å². The Morgan fingerprint density at radius 3 is 2.56 bits per heavy atom. The Hall–Kier alpha value is -3.91. The third-order valence-electron chi connectivity index (χ3n) is 7.25. The molecule has 0 aromatic heterocycles. The van der Waals surface area contributed by atoms with Crippen molar-refractivity contribution in [2.24, 2.45) is 5.92 Å². The Morgan fingerprint density at radius 1 is 0.974 bits per heavy atom. The predicted molar refractivity (Wildman–Crippen MR) is 146 cm³/mol. The van der Waals surface area contributed by atoms with Gasteiger partial charge in [0.1, 0.15) is 24.8 Å². The van der Waals surface area contributed by atoms with Crippen LogP contribution in [0.4, 0.5) is 10.1 Å². The molecule has 0 radical (unpaired) electrons. The summed E-state index contributed by atoms with van der Waals surface area (Å²) < 4.78 is 28.7. The molecule has 0 saturated carbocycles. The van der Waals surface area contributed by atoms with Crippen LogP contribution in [0.25, 0.3) is 0 Å². The summed E-state index contributed by atoms with van der Waals surface area (Å²) in [5.41, 5.74) is 3.47. The number of carbonyl (C=O) groups is 2. The van der Waals surface area contributed by atoms with Gasteiger partial charge in [-0.3, -0.25) is 9.59 Å². The number of fused-ring (bicyclic) bond motifs is 1. The minimum absolute atomic E-state index is 0.0136.